The molecule has 0 saturated heterocycles. The minimum atomic E-state index is -0.412. The second kappa shape index (κ2) is 9.45. The molecule has 2 aromatic heterocycles. The molecule has 0 bridgehead atoms. The molecule has 0 radical (unpaired) electrons. The zero-order valence-electron chi connectivity index (χ0n) is 18.1. The quantitative estimate of drug-likeness (QED) is 0.688. The number of pyridine rings is 2. The molecule has 31 heavy (non-hydrogen) atoms. The molecule has 0 unspecified atom stereocenters. The Morgan fingerprint density at radius 2 is 1.81 bits per heavy atom. The van der Waals surface area contributed by atoms with Crippen molar-refractivity contribution in [3.8, 4) is 0 Å². The Balaban J connectivity index is 1.50. The van der Waals surface area contributed by atoms with E-state index in [1.807, 2.05) is 25.2 Å². The number of nitrogens with zero attached hydrogens (tertiary/aromatic N) is 4. The average Bonchev–Trinajstić information content (AvgIpc) is 3.64. The third-order valence-electron chi connectivity index (χ3n) is 6.38. The first-order chi connectivity index (χ1) is 15.0. The minimum absolute atomic E-state index is 0.0450. The lowest BCUT2D eigenvalue weighted by atomic mass is 9.94. The highest BCUT2D eigenvalue weighted by Crippen LogP contribution is 2.29. The molecule has 0 aliphatic heterocycles. The third kappa shape index (κ3) is 5.03. The van der Waals surface area contributed by atoms with Crippen molar-refractivity contribution in [1.29, 1.82) is 0 Å². The second-order valence-electron chi connectivity index (χ2n) is 8.64. The molecule has 4 rings (SSSR count). The summed E-state index contributed by atoms with van der Waals surface area (Å²) in [5, 5.41) is 0. The van der Waals surface area contributed by atoms with Gasteiger partial charge in [0.1, 0.15) is 12.1 Å². The Morgan fingerprint density at radius 3 is 2.48 bits per heavy atom. The van der Waals surface area contributed by atoms with Crippen LogP contribution in [0.25, 0.3) is 0 Å². The fourth-order valence-electron chi connectivity index (χ4n) is 4.33. The van der Waals surface area contributed by atoms with E-state index in [2.05, 4.69) is 4.98 Å². The summed E-state index contributed by atoms with van der Waals surface area (Å²) < 4.78 is 1.36. The van der Waals surface area contributed by atoms with Crippen molar-refractivity contribution >= 4 is 11.8 Å². The Bertz CT molecular complexity index is 978. The van der Waals surface area contributed by atoms with E-state index in [1.54, 1.807) is 34.3 Å². The van der Waals surface area contributed by atoms with Crippen LogP contribution in [0, 0.1) is 0 Å². The summed E-state index contributed by atoms with van der Waals surface area (Å²) >= 11 is 0. The molecule has 2 aromatic rings. The van der Waals surface area contributed by atoms with E-state index in [4.69, 9.17) is 0 Å². The predicted octanol–water partition coefficient (Wildman–Crippen LogP) is 2.84. The van der Waals surface area contributed by atoms with E-state index in [0.717, 1.165) is 44.2 Å². The topological polar surface area (TPSA) is 75.5 Å². The van der Waals surface area contributed by atoms with Crippen molar-refractivity contribution in [2.24, 2.45) is 0 Å². The van der Waals surface area contributed by atoms with Crippen molar-refractivity contribution in [1.82, 2.24) is 19.4 Å². The fourth-order valence-corrected chi connectivity index (χ4v) is 4.33. The second-order valence-corrected chi connectivity index (χ2v) is 8.64. The maximum absolute atomic E-state index is 13.3. The molecule has 0 spiro atoms. The summed E-state index contributed by atoms with van der Waals surface area (Å²) in [6.07, 6.45) is 10.7. The molecule has 2 heterocycles. The van der Waals surface area contributed by atoms with Crippen LogP contribution in [-0.4, -0.2) is 50.3 Å². The zero-order chi connectivity index (χ0) is 21.8. The minimum Gasteiger partial charge on any atom is -0.341 e. The number of amides is 2. The van der Waals surface area contributed by atoms with Gasteiger partial charge in [-0.25, -0.2) is 0 Å². The van der Waals surface area contributed by atoms with E-state index in [-0.39, 0.29) is 36.0 Å². The lowest BCUT2D eigenvalue weighted by Crippen LogP contribution is -2.42. The predicted molar refractivity (Wildman–Crippen MR) is 117 cm³/mol. The van der Waals surface area contributed by atoms with Crippen LogP contribution in [0.3, 0.4) is 0 Å². The van der Waals surface area contributed by atoms with Crippen LogP contribution in [0.15, 0.2) is 47.5 Å². The Morgan fingerprint density at radius 1 is 1.03 bits per heavy atom. The van der Waals surface area contributed by atoms with Crippen molar-refractivity contribution in [3.63, 3.8) is 0 Å². The van der Waals surface area contributed by atoms with E-state index >= 15 is 0 Å². The first kappa shape index (κ1) is 21.3. The average molecular weight is 423 g/mol. The van der Waals surface area contributed by atoms with Gasteiger partial charge in [-0.05, 0) is 49.9 Å². The molecule has 2 aliphatic rings. The highest BCUT2D eigenvalue weighted by molar-refractivity contribution is 5.94. The maximum Gasteiger partial charge on any atom is 0.263 e. The molecule has 7 heteroatoms. The highest BCUT2D eigenvalue weighted by atomic mass is 16.2. The van der Waals surface area contributed by atoms with Crippen LogP contribution in [0.5, 0.6) is 0 Å². The number of carbonyl (C=O) groups excluding carboxylic acids is 2. The Kier molecular flexibility index (Phi) is 6.49. The first-order valence-electron chi connectivity index (χ1n) is 11.2. The lowest BCUT2D eigenvalue weighted by Gasteiger charge is -2.31. The van der Waals surface area contributed by atoms with Gasteiger partial charge in [0.05, 0.1) is 12.2 Å². The summed E-state index contributed by atoms with van der Waals surface area (Å²) in [4.78, 5) is 47.0. The van der Waals surface area contributed by atoms with Gasteiger partial charge in [-0.1, -0.05) is 25.3 Å². The first-order valence-corrected chi connectivity index (χ1v) is 11.2. The van der Waals surface area contributed by atoms with Gasteiger partial charge in [0.25, 0.3) is 11.5 Å². The van der Waals surface area contributed by atoms with E-state index in [9.17, 15) is 14.4 Å². The molecule has 0 N–H and O–H groups in total. The molecule has 7 nitrogen and oxygen atoms in total. The fraction of sp³-hybridized carbons (Fsp3) is 0.500. The highest BCUT2D eigenvalue weighted by Gasteiger charge is 2.34. The SMILES string of the molecule is CN(C(=O)Cn1cccc(C(=O)N(Cc2ccccn2)C2CC2)c1=O)C1CCCCC1. The number of rotatable bonds is 7. The number of aromatic nitrogens is 2. The maximum atomic E-state index is 13.3. The van der Waals surface area contributed by atoms with Gasteiger partial charge in [-0.2, -0.15) is 0 Å². The van der Waals surface area contributed by atoms with Gasteiger partial charge in [0.15, 0.2) is 0 Å². The van der Waals surface area contributed by atoms with Gasteiger partial charge in [0, 0.05) is 31.5 Å². The summed E-state index contributed by atoms with van der Waals surface area (Å²) in [6, 6.07) is 9.23. The smallest absolute Gasteiger partial charge is 0.263 e. The van der Waals surface area contributed by atoms with E-state index < -0.39 is 5.56 Å². The Labute approximate surface area is 182 Å². The van der Waals surface area contributed by atoms with Crippen LogP contribution >= 0.6 is 0 Å². The van der Waals surface area contributed by atoms with E-state index in [1.165, 1.54) is 11.0 Å². The van der Waals surface area contributed by atoms with Gasteiger partial charge in [-0.15, -0.1) is 0 Å². The van der Waals surface area contributed by atoms with Gasteiger partial charge < -0.3 is 14.4 Å². The molecule has 0 atom stereocenters. The molecule has 2 fully saturated rings. The molecule has 0 aromatic carbocycles. The third-order valence-corrected chi connectivity index (χ3v) is 6.38. The van der Waals surface area contributed by atoms with Gasteiger partial charge >= 0.3 is 0 Å². The normalized spacial score (nSPS) is 16.7. The molecule has 164 valence electrons. The molecule has 2 aliphatic carbocycles. The van der Waals surface area contributed by atoms with Crippen LogP contribution in [0.4, 0.5) is 0 Å². The summed E-state index contributed by atoms with van der Waals surface area (Å²) in [5.74, 6) is -0.383. The molecule has 2 saturated carbocycles. The van der Waals surface area contributed by atoms with Gasteiger partial charge in [0.2, 0.25) is 5.91 Å². The van der Waals surface area contributed by atoms with Gasteiger partial charge in [-0.3, -0.25) is 19.4 Å². The van der Waals surface area contributed by atoms with Crippen molar-refractivity contribution in [2.45, 2.75) is 70.1 Å². The van der Waals surface area contributed by atoms with Crippen LogP contribution in [0.1, 0.15) is 61.0 Å². The molecule has 2 amide bonds. The number of carbonyl (C=O) groups is 2. The summed E-state index contributed by atoms with van der Waals surface area (Å²) in [5.41, 5.74) is 0.492. The standard InChI is InChI=1S/C24H30N4O3/c1-26(19-9-3-2-4-10-19)22(29)17-27-15-7-11-21(23(27)30)24(31)28(20-12-13-20)16-18-8-5-6-14-25-18/h5-8,11,14-15,19-20H,2-4,9-10,12-13,16-17H2,1H3. The number of likely N-dealkylation sites (N-methyl/N-ethyl adjacent to an activating group) is 1. The van der Waals surface area contributed by atoms with Crippen LogP contribution in [-0.2, 0) is 17.9 Å². The monoisotopic (exact) mass is 422 g/mol. The van der Waals surface area contributed by atoms with Crippen molar-refractivity contribution in [3.05, 3.63) is 64.3 Å². The van der Waals surface area contributed by atoms with E-state index in [0.29, 0.717) is 6.54 Å². The van der Waals surface area contributed by atoms with Crippen molar-refractivity contribution in [2.75, 3.05) is 7.05 Å². The lowest BCUT2D eigenvalue weighted by molar-refractivity contribution is -0.133. The number of hydrogen-bond donors (Lipinski definition) is 0. The number of hydrogen-bond acceptors (Lipinski definition) is 4. The summed E-state index contributed by atoms with van der Waals surface area (Å²) in [7, 11) is 1.82. The Hall–Kier alpha value is -2.96. The molecular formula is C24H30N4O3. The van der Waals surface area contributed by atoms with Crippen LogP contribution in [0.2, 0.25) is 0 Å². The van der Waals surface area contributed by atoms with Crippen LogP contribution < -0.4 is 5.56 Å². The molecular weight excluding hydrogens is 392 g/mol. The summed E-state index contributed by atoms with van der Waals surface area (Å²) in [6.45, 7) is 0.332. The largest absolute Gasteiger partial charge is 0.341 e. The zero-order valence-corrected chi connectivity index (χ0v) is 18.1. The van der Waals surface area contributed by atoms with Crippen molar-refractivity contribution < 1.29 is 9.59 Å².